The van der Waals surface area contributed by atoms with Crippen molar-refractivity contribution in [3.63, 3.8) is 0 Å². The smallest absolute Gasteiger partial charge is 0.339 e. The Morgan fingerprint density at radius 3 is 2.50 bits per heavy atom. The van der Waals surface area contributed by atoms with Gasteiger partial charge in [0.2, 0.25) is 0 Å². The summed E-state index contributed by atoms with van der Waals surface area (Å²) in [6.45, 7) is 2.40. The molecule has 18 heavy (non-hydrogen) atoms. The van der Waals surface area contributed by atoms with Crippen molar-refractivity contribution in [1.82, 2.24) is 4.90 Å². The summed E-state index contributed by atoms with van der Waals surface area (Å²) in [6, 6.07) is 2.88. The number of nitrogens with zero attached hydrogens (tertiary/aromatic N) is 1. The monoisotopic (exact) mass is 269 g/mol. The van der Waals surface area contributed by atoms with Crippen molar-refractivity contribution in [3.05, 3.63) is 23.3 Å². The first kappa shape index (κ1) is 13.0. The first-order valence-corrected chi connectivity index (χ1v) is 6.82. The Kier molecular flexibility index (Phi) is 3.98. The molecule has 0 aromatic heterocycles. The van der Waals surface area contributed by atoms with Crippen molar-refractivity contribution in [2.45, 2.75) is 6.54 Å². The zero-order valence-corrected chi connectivity index (χ0v) is 10.6. The maximum absolute atomic E-state index is 10.8. The number of thioether (sulfide) groups is 1. The highest BCUT2D eigenvalue weighted by atomic mass is 32.2. The third-order valence-corrected chi connectivity index (χ3v) is 3.91. The minimum absolute atomic E-state index is 0.273. The SMILES string of the molecule is O=C(O)c1ccc(CN2CCSCC2)c(O)c1O. The van der Waals surface area contributed by atoms with Crippen molar-refractivity contribution in [3.8, 4) is 11.5 Å². The molecule has 0 atom stereocenters. The van der Waals surface area contributed by atoms with Gasteiger partial charge in [-0.05, 0) is 6.07 Å². The van der Waals surface area contributed by atoms with Gasteiger partial charge in [-0.2, -0.15) is 11.8 Å². The van der Waals surface area contributed by atoms with Crippen LogP contribution < -0.4 is 0 Å². The maximum atomic E-state index is 10.8. The van der Waals surface area contributed by atoms with Gasteiger partial charge < -0.3 is 15.3 Å². The van der Waals surface area contributed by atoms with E-state index in [2.05, 4.69) is 4.90 Å². The average molecular weight is 269 g/mol. The average Bonchev–Trinajstić information content (AvgIpc) is 2.36. The summed E-state index contributed by atoms with van der Waals surface area (Å²) in [5, 5.41) is 28.3. The van der Waals surface area contributed by atoms with Crippen molar-refractivity contribution >= 4 is 17.7 Å². The Morgan fingerprint density at radius 2 is 1.89 bits per heavy atom. The highest BCUT2D eigenvalue weighted by Gasteiger charge is 2.18. The molecule has 1 fully saturated rings. The number of phenols is 2. The molecule has 98 valence electrons. The molecule has 2 rings (SSSR count). The van der Waals surface area contributed by atoms with Crippen LogP contribution in [0.5, 0.6) is 11.5 Å². The molecular formula is C12H15NO4S. The minimum atomic E-state index is -1.25. The molecule has 0 aliphatic carbocycles. The summed E-state index contributed by atoms with van der Waals surface area (Å²) in [6.07, 6.45) is 0. The topological polar surface area (TPSA) is 81.0 Å². The van der Waals surface area contributed by atoms with E-state index in [1.54, 1.807) is 6.07 Å². The Hall–Kier alpha value is -1.40. The molecule has 1 aliphatic rings. The van der Waals surface area contributed by atoms with E-state index in [0.717, 1.165) is 24.6 Å². The van der Waals surface area contributed by atoms with E-state index in [1.165, 1.54) is 6.07 Å². The number of rotatable bonds is 3. The first-order chi connectivity index (χ1) is 8.59. The van der Waals surface area contributed by atoms with Crippen molar-refractivity contribution in [2.75, 3.05) is 24.6 Å². The summed E-state index contributed by atoms with van der Waals surface area (Å²) in [7, 11) is 0. The fourth-order valence-corrected chi connectivity index (χ4v) is 2.90. The van der Waals surface area contributed by atoms with Crippen LogP contribution in [0.2, 0.25) is 0 Å². The van der Waals surface area contributed by atoms with Gasteiger partial charge in [0, 0.05) is 36.7 Å². The first-order valence-electron chi connectivity index (χ1n) is 5.67. The fraction of sp³-hybridized carbons (Fsp3) is 0.417. The number of phenolic OH excluding ortho intramolecular Hbond substituents is 1. The summed E-state index contributed by atoms with van der Waals surface area (Å²) < 4.78 is 0. The number of carbonyl (C=O) groups is 1. The Balaban J connectivity index is 2.18. The van der Waals surface area contributed by atoms with Crippen LogP contribution in [0.25, 0.3) is 0 Å². The van der Waals surface area contributed by atoms with Crippen LogP contribution in [0, 0.1) is 0 Å². The second-order valence-electron chi connectivity index (χ2n) is 4.16. The maximum Gasteiger partial charge on any atom is 0.339 e. The number of aromatic carboxylic acids is 1. The van der Waals surface area contributed by atoms with Crippen molar-refractivity contribution in [2.24, 2.45) is 0 Å². The van der Waals surface area contributed by atoms with E-state index in [0.29, 0.717) is 12.1 Å². The van der Waals surface area contributed by atoms with Gasteiger partial charge in [0.25, 0.3) is 0 Å². The Bertz CT molecular complexity index is 458. The standard InChI is InChI=1S/C12H15NO4S/c14-10-8(7-13-3-5-18-6-4-13)1-2-9(11(10)15)12(16)17/h1-2,14-15H,3-7H2,(H,16,17). The molecule has 0 bridgehead atoms. The van der Waals surface area contributed by atoms with Gasteiger partial charge in [0.15, 0.2) is 11.5 Å². The molecule has 0 unspecified atom stereocenters. The quantitative estimate of drug-likeness (QED) is 0.719. The van der Waals surface area contributed by atoms with E-state index in [-0.39, 0.29) is 11.3 Å². The molecule has 5 nitrogen and oxygen atoms in total. The highest BCUT2D eigenvalue weighted by molar-refractivity contribution is 7.99. The lowest BCUT2D eigenvalue weighted by molar-refractivity contribution is 0.0693. The number of aromatic hydroxyl groups is 2. The molecule has 0 radical (unpaired) electrons. The van der Waals surface area contributed by atoms with Crippen LogP contribution in [0.4, 0.5) is 0 Å². The van der Waals surface area contributed by atoms with Gasteiger partial charge >= 0.3 is 5.97 Å². The zero-order valence-electron chi connectivity index (χ0n) is 9.80. The number of hydrogen-bond donors (Lipinski definition) is 3. The van der Waals surface area contributed by atoms with Crippen LogP contribution >= 0.6 is 11.8 Å². The third-order valence-electron chi connectivity index (χ3n) is 2.96. The third kappa shape index (κ3) is 2.70. The van der Waals surface area contributed by atoms with Gasteiger partial charge in [0.05, 0.1) is 0 Å². The molecule has 6 heteroatoms. The second-order valence-corrected chi connectivity index (χ2v) is 5.39. The summed E-state index contributed by atoms with van der Waals surface area (Å²) >= 11 is 1.89. The van der Waals surface area contributed by atoms with E-state index >= 15 is 0 Å². The van der Waals surface area contributed by atoms with E-state index in [1.807, 2.05) is 11.8 Å². The molecule has 1 saturated heterocycles. The van der Waals surface area contributed by atoms with Crippen LogP contribution in [0.15, 0.2) is 12.1 Å². The molecule has 1 aromatic rings. The lowest BCUT2D eigenvalue weighted by atomic mass is 10.1. The molecule has 1 aliphatic heterocycles. The van der Waals surface area contributed by atoms with E-state index in [4.69, 9.17) is 5.11 Å². The largest absolute Gasteiger partial charge is 0.504 e. The fourth-order valence-electron chi connectivity index (χ4n) is 1.92. The number of carboxylic acids is 1. The Labute approximate surface area is 109 Å². The van der Waals surface area contributed by atoms with Crippen LogP contribution in [0.1, 0.15) is 15.9 Å². The van der Waals surface area contributed by atoms with E-state index < -0.39 is 11.7 Å². The number of hydrogen-bond acceptors (Lipinski definition) is 5. The van der Waals surface area contributed by atoms with Gasteiger partial charge in [-0.3, -0.25) is 4.90 Å². The number of carboxylic acid groups (broad SMARTS) is 1. The molecule has 3 N–H and O–H groups in total. The predicted molar refractivity (Wildman–Crippen MR) is 69.3 cm³/mol. The van der Waals surface area contributed by atoms with Gasteiger partial charge in [0.1, 0.15) is 5.56 Å². The Morgan fingerprint density at radius 1 is 1.22 bits per heavy atom. The molecule has 0 saturated carbocycles. The summed E-state index contributed by atoms with van der Waals surface area (Å²) in [4.78, 5) is 13.0. The molecule has 1 heterocycles. The zero-order chi connectivity index (χ0) is 13.1. The minimum Gasteiger partial charge on any atom is -0.504 e. The normalized spacial score (nSPS) is 16.7. The van der Waals surface area contributed by atoms with Gasteiger partial charge in [-0.15, -0.1) is 0 Å². The lowest BCUT2D eigenvalue weighted by Gasteiger charge is -2.26. The van der Waals surface area contributed by atoms with Gasteiger partial charge in [-0.1, -0.05) is 6.07 Å². The molecule has 0 spiro atoms. The molecular weight excluding hydrogens is 254 g/mol. The summed E-state index contributed by atoms with van der Waals surface area (Å²) in [5.41, 5.74) is 0.287. The van der Waals surface area contributed by atoms with Crippen LogP contribution in [0.3, 0.4) is 0 Å². The highest BCUT2D eigenvalue weighted by Crippen LogP contribution is 2.33. The molecule has 0 amide bonds. The van der Waals surface area contributed by atoms with Crippen LogP contribution in [-0.4, -0.2) is 50.8 Å². The summed E-state index contributed by atoms with van der Waals surface area (Å²) in [5.74, 6) is -0.0110. The van der Waals surface area contributed by atoms with Crippen LogP contribution in [-0.2, 0) is 6.54 Å². The van der Waals surface area contributed by atoms with Crippen molar-refractivity contribution < 1.29 is 20.1 Å². The van der Waals surface area contributed by atoms with Crippen molar-refractivity contribution in [1.29, 1.82) is 0 Å². The molecule has 1 aromatic carbocycles. The lowest BCUT2D eigenvalue weighted by Crippen LogP contribution is -2.31. The van der Waals surface area contributed by atoms with Gasteiger partial charge in [-0.25, -0.2) is 4.79 Å². The van der Waals surface area contributed by atoms with E-state index in [9.17, 15) is 15.0 Å². The second kappa shape index (κ2) is 5.49. The predicted octanol–water partition coefficient (Wildman–Crippen LogP) is 1.34. The number of benzene rings is 1.